The Bertz CT molecular complexity index is 363. The number of hydrogen-bond donors (Lipinski definition) is 2. The van der Waals surface area contributed by atoms with Crippen LogP contribution in [0.15, 0.2) is 18.2 Å². The fourth-order valence-corrected chi connectivity index (χ4v) is 2.06. The van der Waals surface area contributed by atoms with Crippen molar-refractivity contribution in [2.45, 2.75) is 51.7 Å². The minimum Gasteiger partial charge on any atom is -0.497 e. The number of hydrogen-bond acceptors (Lipinski definition) is 3. The van der Waals surface area contributed by atoms with Crippen molar-refractivity contribution in [2.24, 2.45) is 0 Å². The Kier molecular flexibility index (Phi) is 6.16. The van der Waals surface area contributed by atoms with Crippen LogP contribution in [-0.4, -0.2) is 29.5 Å². The van der Waals surface area contributed by atoms with Crippen molar-refractivity contribution >= 4 is 0 Å². The summed E-state index contributed by atoms with van der Waals surface area (Å²) in [6.07, 6.45) is 1.68. The molecule has 0 aliphatic carbocycles. The molecule has 18 heavy (non-hydrogen) atoms. The minimum atomic E-state index is -0.633. The van der Waals surface area contributed by atoms with E-state index in [2.05, 4.69) is 0 Å². The molecule has 3 heteroatoms. The van der Waals surface area contributed by atoms with Gasteiger partial charge in [-0.15, -0.1) is 0 Å². The second-order valence-electron chi connectivity index (χ2n) is 4.75. The van der Waals surface area contributed by atoms with Crippen LogP contribution in [0.1, 0.15) is 37.3 Å². The van der Waals surface area contributed by atoms with Gasteiger partial charge < -0.3 is 14.9 Å². The average molecular weight is 252 g/mol. The third-order valence-electron chi connectivity index (χ3n) is 3.29. The predicted molar refractivity (Wildman–Crippen MR) is 73.0 cm³/mol. The molecule has 2 atom stereocenters. The van der Waals surface area contributed by atoms with Crippen LogP contribution in [0.4, 0.5) is 0 Å². The highest BCUT2D eigenvalue weighted by Crippen LogP contribution is 2.19. The Labute approximate surface area is 109 Å². The van der Waals surface area contributed by atoms with Crippen LogP contribution >= 0.6 is 0 Å². The molecule has 1 aromatic carbocycles. The lowest BCUT2D eigenvalue weighted by Gasteiger charge is -2.17. The van der Waals surface area contributed by atoms with Crippen molar-refractivity contribution in [1.29, 1.82) is 0 Å². The van der Waals surface area contributed by atoms with Crippen LogP contribution in [-0.2, 0) is 6.42 Å². The molecule has 102 valence electrons. The molecule has 2 N–H and O–H groups in total. The third kappa shape index (κ3) is 4.31. The lowest BCUT2D eigenvalue weighted by molar-refractivity contribution is 0.00979. The van der Waals surface area contributed by atoms with Crippen molar-refractivity contribution in [3.8, 4) is 5.75 Å². The zero-order chi connectivity index (χ0) is 13.5. The van der Waals surface area contributed by atoms with E-state index in [1.165, 1.54) is 5.56 Å². The summed E-state index contributed by atoms with van der Waals surface area (Å²) >= 11 is 0. The van der Waals surface area contributed by atoms with Gasteiger partial charge in [0.05, 0.1) is 19.3 Å². The van der Waals surface area contributed by atoms with E-state index < -0.39 is 12.2 Å². The van der Waals surface area contributed by atoms with Gasteiger partial charge in [0.2, 0.25) is 0 Å². The summed E-state index contributed by atoms with van der Waals surface area (Å²) in [4.78, 5) is 0. The van der Waals surface area contributed by atoms with Crippen LogP contribution in [0.25, 0.3) is 0 Å². The zero-order valence-electron chi connectivity index (χ0n) is 11.5. The molecule has 0 radical (unpaired) electrons. The predicted octanol–water partition coefficient (Wildman–Crippen LogP) is 2.46. The van der Waals surface area contributed by atoms with Crippen molar-refractivity contribution in [3.63, 3.8) is 0 Å². The lowest BCUT2D eigenvalue weighted by atomic mass is 9.98. The first-order valence-electron chi connectivity index (χ1n) is 6.58. The van der Waals surface area contributed by atoms with Gasteiger partial charge in [-0.1, -0.05) is 19.4 Å². The van der Waals surface area contributed by atoms with Gasteiger partial charge in [0, 0.05) is 0 Å². The molecular weight excluding hydrogens is 228 g/mol. The Morgan fingerprint density at radius 2 is 1.83 bits per heavy atom. The van der Waals surface area contributed by atoms with E-state index in [1.54, 1.807) is 7.11 Å². The quantitative estimate of drug-likeness (QED) is 0.783. The number of methoxy groups -OCH3 is 1. The van der Waals surface area contributed by atoms with Crippen molar-refractivity contribution in [2.75, 3.05) is 7.11 Å². The standard InChI is InChI=1S/C15H24O3/c1-4-5-14(16)15(17)9-7-12-6-8-13(18-3)10-11(12)2/h6,8,10,14-17H,4-5,7,9H2,1-3H3. The second kappa shape index (κ2) is 7.39. The van der Waals surface area contributed by atoms with Gasteiger partial charge in [0.1, 0.15) is 5.75 Å². The van der Waals surface area contributed by atoms with Gasteiger partial charge in [-0.2, -0.15) is 0 Å². The molecule has 3 nitrogen and oxygen atoms in total. The first-order chi connectivity index (χ1) is 8.58. The monoisotopic (exact) mass is 252 g/mol. The molecule has 1 rings (SSSR count). The van der Waals surface area contributed by atoms with Gasteiger partial charge in [-0.25, -0.2) is 0 Å². The first kappa shape index (κ1) is 15.0. The van der Waals surface area contributed by atoms with Crippen molar-refractivity contribution in [3.05, 3.63) is 29.3 Å². The Morgan fingerprint density at radius 3 is 2.39 bits per heavy atom. The Hall–Kier alpha value is -1.06. The maximum Gasteiger partial charge on any atom is 0.119 e. The number of benzene rings is 1. The van der Waals surface area contributed by atoms with Crippen LogP contribution < -0.4 is 4.74 Å². The summed E-state index contributed by atoms with van der Waals surface area (Å²) in [6.45, 7) is 4.04. The van der Waals surface area contributed by atoms with E-state index in [0.29, 0.717) is 12.8 Å². The van der Waals surface area contributed by atoms with E-state index in [4.69, 9.17) is 4.74 Å². The Balaban J connectivity index is 2.53. The molecule has 0 aliphatic heterocycles. The highest BCUT2D eigenvalue weighted by Gasteiger charge is 2.15. The molecule has 0 saturated heterocycles. The van der Waals surface area contributed by atoms with Crippen LogP contribution in [0.5, 0.6) is 5.75 Å². The number of aliphatic hydroxyl groups is 2. The summed E-state index contributed by atoms with van der Waals surface area (Å²) in [7, 11) is 1.65. The highest BCUT2D eigenvalue weighted by atomic mass is 16.5. The molecule has 0 amide bonds. The summed E-state index contributed by atoms with van der Waals surface area (Å²) in [5, 5.41) is 19.5. The summed E-state index contributed by atoms with van der Waals surface area (Å²) < 4.78 is 5.16. The zero-order valence-corrected chi connectivity index (χ0v) is 11.5. The smallest absolute Gasteiger partial charge is 0.119 e. The topological polar surface area (TPSA) is 49.7 Å². The number of aliphatic hydroxyl groups excluding tert-OH is 2. The van der Waals surface area contributed by atoms with Crippen LogP contribution in [0.2, 0.25) is 0 Å². The molecular formula is C15H24O3. The van der Waals surface area contributed by atoms with Gasteiger partial charge in [-0.05, 0) is 49.4 Å². The molecule has 0 saturated carbocycles. The van der Waals surface area contributed by atoms with E-state index >= 15 is 0 Å². The van der Waals surface area contributed by atoms with E-state index in [9.17, 15) is 10.2 Å². The maximum atomic E-state index is 9.83. The van der Waals surface area contributed by atoms with Gasteiger partial charge >= 0.3 is 0 Å². The molecule has 1 aromatic rings. The van der Waals surface area contributed by atoms with E-state index in [1.807, 2.05) is 32.0 Å². The Morgan fingerprint density at radius 1 is 1.17 bits per heavy atom. The molecule has 0 heterocycles. The summed E-state index contributed by atoms with van der Waals surface area (Å²) in [5.74, 6) is 0.850. The molecule has 0 aliphatic rings. The lowest BCUT2D eigenvalue weighted by Crippen LogP contribution is -2.26. The normalized spacial score (nSPS) is 14.3. The molecule has 0 spiro atoms. The summed E-state index contributed by atoms with van der Waals surface area (Å²) in [6, 6.07) is 5.94. The highest BCUT2D eigenvalue weighted by molar-refractivity contribution is 5.34. The van der Waals surface area contributed by atoms with E-state index in [0.717, 1.165) is 24.2 Å². The molecule has 2 unspecified atom stereocenters. The SMILES string of the molecule is CCCC(O)C(O)CCc1ccc(OC)cc1C. The van der Waals surface area contributed by atoms with Crippen LogP contribution in [0.3, 0.4) is 0 Å². The maximum absolute atomic E-state index is 9.83. The van der Waals surface area contributed by atoms with Crippen molar-refractivity contribution < 1.29 is 14.9 Å². The van der Waals surface area contributed by atoms with Crippen LogP contribution in [0, 0.1) is 6.92 Å². The molecule has 0 aromatic heterocycles. The second-order valence-corrected chi connectivity index (χ2v) is 4.75. The number of aryl methyl sites for hydroxylation is 2. The first-order valence-corrected chi connectivity index (χ1v) is 6.58. The fourth-order valence-electron chi connectivity index (χ4n) is 2.06. The molecule has 0 bridgehead atoms. The van der Waals surface area contributed by atoms with E-state index in [-0.39, 0.29) is 0 Å². The number of ether oxygens (including phenoxy) is 1. The summed E-state index contributed by atoms with van der Waals surface area (Å²) in [5.41, 5.74) is 2.35. The average Bonchev–Trinajstić information content (AvgIpc) is 2.37. The number of rotatable bonds is 7. The fraction of sp³-hybridized carbons (Fsp3) is 0.600. The minimum absolute atomic E-state index is 0.592. The molecule has 0 fully saturated rings. The largest absolute Gasteiger partial charge is 0.497 e. The third-order valence-corrected chi connectivity index (χ3v) is 3.29. The van der Waals surface area contributed by atoms with Gasteiger partial charge in [0.25, 0.3) is 0 Å². The van der Waals surface area contributed by atoms with Gasteiger partial charge in [0.15, 0.2) is 0 Å². The van der Waals surface area contributed by atoms with Crippen molar-refractivity contribution in [1.82, 2.24) is 0 Å². The van der Waals surface area contributed by atoms with Gasteiger partial charge in [-0.3, -0.25) is 0 Å².